The minimum atomic E-state index is 0.296. The van der Waals surface area contributed by atoms with Gasteiger partial charge in [-0.3, -0.25) is 4.98 Å². The quantitative estimate of drug-likeness (QED) is 0.882. The molecule has 0 aliphatic heterocycles. The van der Waals surface area contributed by atoms with Crippen LogP contribution in [0.5, 0.6) is 0 Å². The van der Waals surface area contributed by atoms with E-state index < -0.39 is 0 Å². The first-order chi connectivity index (χ1) is 8.51. The zero-order chi connectivity index (χ0) is 13.2. The van der Waals surface area contributed by atoms with Gasteiger partial charge < -0.3 is 5.32 Å². The van der Waals surface area contributed by atoms with E-state index in [1.807, 2.05) is 19.3 Å². The maximum Gasteiger partial charge on any atom is 0.0749 e. The van der Waals surface area contributed by atoms with Crippen LogP contribution in [0.3, 0.4) is 0 Å². The molecule has 1 aromatic heterocycles. The topological polar surface area (TPSA) is 24.9 Å². The Morgan fingerprint density at radius 2 is 1.89 bits per heavy atom. The molecular weight excluding hydrogens is 220 g/mol. The SMILES string of the molecule is CNC(CC(C)(C)C)c1cccc2cccnc12. The van der Waals surface area contributed by atoms with Crippen molar-refractivity contribution >= 4 is 10.9 Å². The Morgan fingerprint density at radius 3 is 2.56 bits per heavy atom. The number of para-hydroxylation sites is 1. The van der Waals surface area contributed by atoms with E-state index in [9.17, 15) is 0 Å². The fraction of sp³-hybridized carbons (Fsp3) is 0.438. The summed E-state index contributed by atoms with van der Waals surface area (Å²) in [6.07, 6.45) is 2.97. The van der Waals surface area contributed by atoms with E-state index in [1.54, 1.807) is 0 Å². The summed E-state index contributed by atoms with van der Waals surface area (Å²) in [6.45, 7) is 6.82. The van der Waals surface area contributed by atoms with Crippen molar-refractivity contribution in [1.29, 1.82) is 0 Å². The van der Waals surface area contributed by atoms with Crippen LogP contribution >= 0.6 is 0 Å². The lowest BCUT2D eigenvalue weighted by Gasteiger charge is -2.26. The summed E-state index contributed by atoms with van der Waals surface area (Å²) in [5, 5.41) is 4.64. The summed E-state index contributed by atoms with van der Waals surface area (Å²) in [5.41, 5.74) is 2.71. The van der Waals surface area contributed by atoms with Crippen LogP contribution in [0.15, 0.2) is 36.5 Å². The standard InChI is InChI=1S/C16H22N2/c1-16(2,3)11-14(17-4)13-9-5-7-12-8-6-10-18-15(12)13/h5-10,14,17H,11H2,1-4H3. The van der Waals surface area contributed by atoms with Gasteiger partial charge in [0.05, 0.1) is 5.52 Å². The van der Waals surface area contributed by atoms with Crippen LogP contribution in [0.2, 0.25) is 0 Å². The molecule has 0 aliphatic carbocycles. The molecular formula is C16H22N2. The third-order valence-corrected chi connectivity index (χ3v) is 3.20. The number of hydrogen-bond donors (Lipinski definition) is 1. The van der Waals surface area contributed by atoms with E-state index in [0.717, 1.165) is 11.9 Å². The molecule has 0 radical (unpaired) electrons. The third-order valence-electron chi connectivity index (χ3n) is 3.20. The van der Waals surface area contributed by atoms with Gasteiger partial charge in [0, 0.05) is 17.6 Å². The second-order valence-electron chi connectivity index (χ2n) is 6.03. The van der Waals surface area contributed by atoms with Gasteiger partial charge in [0.15, 0.2) is 0 Å². The number of hydrogen-bond acceptors (Lipinski definition) is 2. The molecule has 0 amide bonds. The van der Waals surface area contributed by atoms with E-state index >= 15 is 0 Å². The molecule has 2 nitrogen and oxygen atoms in total. The fourth-order valence-corrected chi connectivity index (χ4v) is 2.39. The maximum atomic E-state index is 4.54. The molecule has 0 saturated heterocycles. The van der Waals surface area contributed by atoms with E-state index in [0.29, 0.717) is 11.5 Å². The van der Waals surface area contributed by atoms with Gasteiger partial charge in [-0.2, -0.15) is 0 Å². The smallest absolute Gasteiger partial charge is 0.0749 e. The van der Waals surface area contributed by atoms with Gasteiger partial charge in [0.1, 0.15) is 0 Å². The highest BCUT2D eigenvalue weighted by Crippen LogP contribution is 2.31. The minimum absolute atomic E-state index is 0.296. The molecule has 96 valence electrons. The van der Waals surface area contributed by atoms with Crippen LogP contribution in [0.1, 0.15) is 38.8 Å². The van der Waals surface area contributed by atoms with Crippen LogP contribution in [-0.4, -0.2) is 12.0 Å². The lowest BCUT2D eigenvalue weighted by Crippen LogP contribution is -2.22. The minimum Gasteiger partial charge on any atom is -0.313 e. The van der Waals surface area contributed by atoms with Gasteiger partial charge in [0.2, 0.25) is 0 Å². The Balaban J connectivity index is 2.45. The Hall–Kier alpha value is -1.41. The molecule has 0 fully saturated rings. The third kappa shape index (κ3) is 2.88. The van der Waals surface area contributed by atoms with Crippen molar-refractivity contribution < 1.29 is 0 Å². The Labute approximate surface area is 109 Å². The van der Waals surface area contributed by atoms with Crippen molar-refractivity contribution in [2.75, 3.05) is 7.05 Å². The van der Waals surface area contributed by atoms with Crippen molar-refractivity contribution in [3.8, 4) is 0 Å². The first kappa shape index (κ1) is 13.0. The molecule has 0 aliphatic rings. The average molecular weight is 242 g/mol. The monoisotopic (exact) mass is 242 g/mol. The van der Waals surface area contributed by atoms with Crippen LogP contribution in [0, 0.1) is 5.41 Å². The molecule has 1 N–H and O–H groups in total. The fourth-order valence-electron chi connectivity index (χ4n) is 2.39. The zero-order valence-corrected chi connectivity index (χ0v) is 11.7. The summed E-state index contributed by atoms with van der Waals surface area (Å²) >= 11 is 0. The number of aromatic nitrogens is 1. The lowest BCUT2D eigenvalue weighted by atomic mass is 9.85. The second-order valence-corrected chi connectivity index (χ2v) is 6.03. The summed E-state index contributed by atoms with van der Waals surface area (Å²) in [6, 6.07) is 10.9. The number of benzene rings is 1. The molecule has 1 atom stereocenters. The molecule has 18 heavy (non-hydrogen) atoms. The summed E-state index contributed by atoms with van der Waals surface area (Å²) < 4.78 is 0. The van der Waals surface area contributed by atoms with Gasteiger partial charge in [-0.15, -0.1) is 0 Å². The number of pyridine rings is 1. The van der Waals surface area contributed by atoms with Gasteiger partial charge in [-0.05, 0) is 30.5 Å². The molecule has 2 heteroatoms. The Morgan fingerprint density at radius 1 is 1.17 bits per heavy atom. The van der Waals surface area contributed by atoms with Crippen molar-refractivity contribution in [3.63, 3.8) is 0 Å². The Kier molecular flexibility index (Phi) is 3.67. The molecule has 0 saturated carbocycles. The summed E-state index contributed by atoms with van der Waals surface area (Å²) in [7, 11) is 2.03. The first-order valence-corrected chi connectivity index (χ1v) is 6.52. The first-order valence-electron chi connectivity index (χ1n) is 6.52. The largest absolute Gasteiger partial charge is 0.313 e. The molecule has 2 aromatic rings. The number of rotatable bonds is 3. The van der Waals surface area contributed by atoms with Crippen LogP contribution in [-0.2, 0) is 0 Å². The maximum absolute atomic E-state index is 4.54. The molecule has 0 spiro atoms. The van der Waals surface area contributed by atoms with E-state index in [1.165, 1.54) is 10.9 Å². The van der Waals surface area contributed by atoms with E-state index in [4.69, 9.17) is 0 Å². The van der Waals surface area contributed by atoms with Gasteiger partial charge in [-0.25, -0.2) is 0 Å². The molecule has 1 aromatic carbocycles. The second kappa shape index (κ2) is 5.07. The van der Waals surface area contributed by atoms with Crippen molar-refractivity contribution in [3.05, 3.63) is 42.1 Å². The average Bonchev–Trinajstić information content (AvgIpc) is 2.34. The number of nitrogens with one attached hydrogen (secondary N) is 1. The highest BCUT2D eigenvalue weighted by molar-refractivity contribution is 5.82. The van der Waals surface area contributed by atoms with E-state index in [-0.39, 0.29) is 0 Å². The van der Waals surface area contributed by atoms with Crippen molar-refractivity contribution in [1.82, 2.24) is 10.3 Å². The highest BCUT2D eigenvalue weighted by Gasteiger charge is 2.20. The lowest BCUT2D eigenvalue weighted by molar-refractivity contribution is 0.321. The van der Waals surface area contributed by atoms with Gasteiger partial charge in [-0.1, -0.05) is 45.0 Å². The summed E-state index contributed by atoms with van der Waals surface area (Å²) in [4.78, 5) is 4.54. The molecule has 2 rings (SSSR count). The van der Waals surface area contributed by atoms with Crippen molar-refractivity contribution in [2.45, 2.75) is 33.2 Å². The number of nitrogens with zero attached hydrogens (tertiary/aromatic N) is 1. The molecule has 1 heterocycles. The predicted octanol–water partition coefficient (Wildman–Crippen LogP) is 3.93. The van der Waals surface area contributed by atoms with Crippen LogP contribution < -0.4 is 5.32 Å². The molecule has 1 unspecified atom stereocenters. The molecule has 0 bridgehead atoms. The predicted molar refractivity (Wildman–Crippen MR) is 77.6 cm³/mol. The van der Waals surface area contributed by atoms with Crippen LogP contribution in [0.4, 0.5) is 0 Å². The highest BCUT2D eigenvalue weighted by atomic mass is 14.9. The van der Waals surface area contributed by atoms with E-state index in [2.05, 4.69) is 55.3 Å². The van der Waals surface area contributed by atoms with Gasteiger partial charge >= 0.3 is 0 Å². The van der Waals surface area contributed by atoms with Crippen molar-refractivity contribution in [2.24, 2.45) is 5.41 Å². The Bertz CT molecular complexity index is 521. The zero-order valence-electron chi connectivity index (χ0n) is 11.7. The van der Waals surface area contributed by atoms with Gasteiger partial charge in [0.25, 0.3) is 0 Å². The normalized spacial score (nSPS) is 13.8. The van der Waals surface area contributed by atoms with Crippen LogP contribution in [0.25, 0.3) is 10.9 Å². The summed E-state index contributed by atoms with van der Waals surface area (Å²) in [5.74, 6) is 0. The number of fused-ring (bicyclic) bond motifs is 1.